The predicted molar refractivity (Wildman–Crippen MR) is 107 cm³/mol. The smallest absolute Gasteiger partial charge is 0.348 e. The molecule has 2 aromatic carbocycles. The van der Waals surface area contributed by atoms with Gasteiger partial charge in [-0.2, -0.15) is 4.68 Å². The second-order valence-corrected chi connectivity index (χ2v) is 6.15. The van der Waals surface area contributed by atoms with Gasteiger partial charge in [-0.3, -0.25) is 9.78 Å². The van der Waals surface area contributed by atoms with Gasteiger partial charge in [0.1, 0.15) is 0 Å². The second-order valence-electron chi connectivity index (χ2n) is 6.15. The van der Waals surface area contributed by atoms with Gasteiger partial charge in [-0.15, -0.1) is 5.10 Å². The van der Waals surface area contributed by atoms with Gasteiger partial charge in [0, 0.05) is 24.5 Å². The Balaban J connectivity index is 1.81. The van der Waals surface area contributed by atoms with Crippen molar-refractivity contribution < 1.29 is 4.79 Å². The van der Waals surface area contributed by atoms with Crippen molar-refractivity contribution in [2.45, 2.75) is 20.8 Å². The molecule has 3 rings (SSSR count). The van der Waals surface area contributed by atoms with Crippen molar-refractivity contribution in [1.29, 1.82) is 0 Å². The van der Waals surface area contributed by atoms with E-state index < -0.39 is 11.6 Å². The molecule has 0 unspecified atom stereocenters. The van der Waals surface area contributed by atoms with E-state index in [1.54, 1.807) is 24.3 Å². The highest BCUT2D eigenvalue weighted by molar-refractivity contribution is 6.02. The average Bonchev–Trinajstić information content (AvgIpc) is 3.07. The van der Waals surface area contributed by atoms with Crippen molar-refractivity contribution in [3.05, 3.63) is 70.4 Å². The van der Waals surface area contributed by atoms with Gasteiger partial charge in [-0.1, -0.05) is 18.2 Å². The number of nitrogens with zero attached hydrogens (tertiary/aromatic N) is 3. The summed E-state index contributed by atoms with van der Waals surface area (Å²) in [6.45, 7) is 7.98. The molecule has 0 bridgehead atoms. The van der Waals surface area contributed by atoms with E-state index in [1.165, 1.54) is 4.68 Å². The minimum atomic E-state index is -0.458. The highest BCUT2D eigenvalue weighted by Crippen LogP contribution is 2.23. The summed E-state index contributed by atoms with van der Waals surface area (Å²) in [7, 11) is 0. The number of rotatable bonds is 6. The molecule has 27 heavy (non-hydrogen) atoms. The first-order valence-electron chi connectivity index (χ1n) is 8.95. The molecule has 1 amide bonds. The Morgan fingerprint density at radius 1 is 1.15 bits per heavy atom. The number of nitrogens with one attached hydrogen (secondary N) is 2. The summed E-state index contributed by atoms with van der Waals surface area (Å²) in [6, 6.07) is 14.8. The standard InChI is InChI=1S/C20H23N5O2/c1-4-24(5-2)16-11-12-17(14(3)13-16)21-19(26)18-22-20(27)25(23-18)15-9-7-6-8-10-15/h6-13H,4-5H2,1-3H3,(H,21,26)(H,22,23,27). The van der Waals surface area contributed by atoms with Crippen molar-refractivity contribution >= 4 is 17.3 Å². The SMILES string of the molecule is CCN(CC)c1ccc(NC(=O)c2nn(-c3ccccc3)c(=O)[nH]2)c(C)c1. The fourth-order valence-electron chi connectivity index (χ4n) is 2.93. The Bertz CT molecular complexity index is 987. The number of carbonyl (C=O) groups is 1. The number of H-pyrrole nitrogens is 1. The topological polar surface area (TPSA) is 83.0 Å². The lowest BCUT2D eigenvalue weighted by molar-refractivity contribution is 0.101. The van der Waals surface area contributed by atoms with Crippen LogP contribution in [0.25, 0.3) is 5.69 Å². The molecule has 1 heterocycles. The first-order chi connectivity index (χ1) is 13.0. The first-order valence-corrected chi connectivity index (χ1v) is 8.95. The molecule has 0 aliphatic carbocycles. The van der Waals surface area contributed by atoms with Crippen LogP contribution in [0, 0.1) is 6.92 Å². The minimum absolute atomic E-state index is 0.0314. The highest BCUT2D eigenvalue weighted by Gasteiger charge is 2.15. The fraction of sp³-hybridized carbons (Fsp3) is 0.250. The van der Waals surface area contributed by atoms with E-state index in [9.17, 15) is 9.59 Å². The van der Waals surface area contributed by atoms with Crippen LogP contribution in [0.4, 0.5) is 11.4 Å². The van der Waals surface area contributed by atoms with Gasteiger partial charge in [0.2, 0.25) is 5.82 Å². The van der Waals surface area contributed by atoms with E-state index in [0.29, 0.717) is 11.4 Å². The second kappa shape index (κ2) is 7.90. The quantitative estimate of drug-likeness (QED) is 0.703. The van der Waals surface area contributed by atoms with Crippen LogP contribution in [0.2, 0.25) is 0 Å². The van der Waals surface area contributed by atoms with Gasteiger partial charge in [0.15, 0.2) is 0 Å². The highest BCUT2D eigenvalue weighted by atomic mass is 16.2. The maximum Gasteiger partial charge on any atom is 0.348 e. The summed E-state index contributed by atoms with van der Waals surface area (Å²) in [6.07, 6.45) is 0. The lowest BCUT2D eigenvalue weighted by Gasteiger charge is -2.22. The molecule has 1 aromatic heterocycles. The van der Waals surface area contributed by atoms with Crippen molar-refractivity contribution in [1.82, 2.24) is 14.8 Å². The van der Waals surface area contributed by atoms with Gasteiger partial charge in [0.25, 0.3) is 5.91 Å². The number of para-hydroxylation sites is 1. The molecule has 0 aliphatic heterocycles. The summed E-state index contributed by atoms with van der Waals surface area (Å²) in [5.41, 5.74) is 2.87. The minimum Gasteiger partial charge on any atom is -0.372 e. The zero-order chi connectivity index (χ0) is 19.4. The van der Waals surface area contributed by atoms with Gasteiger partial charge < -0.3 is 10.2 Å². The Morgan fingerprint density at radius 2 is 1.85 bits per heavy atom. The van der Waals surface area contributed by atoms with Crippen molar-refractivity contribution in [3.63, 3.8) is 0 Å². The third-order valence-electron chi connectivity index (χ3n) is 4.42. The van der Waals surface area contributed by atoms with E-state index >= 15 is 0 Å². The van der Waals surface area contributed by atoms with Crippen LogP contribution >= 0.6 is 0 Å². The van der Waals surface area contributed by atoms with E-state index in [-0.39, 0.29) is 5.82 Å². The summed E-state index contributed by atoms with van der Waals surface area (Å²) in [4.78, 5) is 29.4. The third-order valence-corrected chi connectivity index (χ3v) is 4.42. The molecule has 0 atom stereocenters. The number of carbonyl (C=O) groups excluding carboxylic acids is 1. The molecule has 140 valence electrons. The Kier molecular flexibility index (Phi) is 5.40. The van der Waals surface area contributed by atoms with E-state index in [4.69, 9.17) is 0 Å². The largest absolute Gasteiger partial charge is 0.372 e. The molecule has 3 aromatic rings. The molecule has 0 saturated heterocycles. The van der Waals surface area contributed by atoms with Crippen LogP contribution in [-0.4, -0.2) is 33.8 Å². The molecule has 7 heteroatoms. The zero-order valence-corrected chi connectivity index (χ0v) is 15.7. The van der Waals surface area contributed by atoms with Crippen molar-refractivity contribution in [3.8, 4) is 5.69 Å². The predicted octanol–water partition coefficient (Wildman–Crippen LogP) is 2.97. The molecule has 2 N–H and O–H groups in total. The van der Waals surface area contributed by atoms with Crippen molar-refractivity contribution in [2.75, 3.05) is 23.3 Å². The number of benzene rings is 2. The summed E-state index contributed by atoms with van der Waals surface area (Å²) in [5.74, 6) is -0.489. The van der Waals surface area contributed by atoms with Gasteiger partial charge in [-0.05, 0) is 56.7 Å². The van der Waals surface area contributed by atoms with Gasteiger partial charge >= 0.3 is 5.69 Å². The van der Waals surface area contributed by atoms with Gasteiger partial charge in [-0.25, -0.2) is 4.79 Å². The molecule has 0 saturated carbocycles. The fourth-order valence-corrected chi connectivity index (χ4v) is 2.93. The van der Waals surface area contributed by atoms with Crippen LogP contribution in [-0.2, 0) is 0 Å². The normalized spacial score (nSPS) is 10.6. The van der Waals surface area contributed by atoms with Crippen LogP contribution in [0.1, 0.15) is 30.0 Å². The summed E-state index contributed by atoms with van der Waals surface area (Å²) < 4.78 is 1.17. The number of aromatic amines is 1. The molecule has 0 aliphatic rings. The maximum atomic E-state index is 12.5. The lowest BCUT2D eigenvalue weighted by atomic mass is 10.1. The first kappa shape index (κ1) is 18.4. The third kappa shape index (κ3) is 3.92. The van der Waals surface area contributed by atoms with E-state index in [1.807, 2.05) is 31.2 Å². The number of hydrogen-bond donors (Lipinski definition) is 2. The Labute approximate surface area is 157 Å². The molecule has 0 spiro atoms. The van der Waals surface area contributed by atoms with Gasteiger partial charge in [0.05, 0.1) is 5.69 Å². The number of hydrogen-bond acceptors (Lipinski definition) is 4. The molecule has 0 radical (unpaired) electrons. The summed E-state index contributed by atoms with van der Waals surface area (Å²) in [5, 5.41) is 6.92. The number of anilines is 2. The molecular weight excluding hydrogens is 342 g/mol. The number of amides is 1. The molecule has 7 nitrogen and oxygen atoms in total. The Morgan fingerprint density at radius 3 is 2.48 bits per heavy atom. The van der Waals surface area contributed by atoms with Crippen LogP contribution < -0.4 is 15.9 Å². The Hall–Kier alpha value is -3.35. The van der Waals surface area contributed by atoms with Crippen LogP contribution in [0.15, 0.2) is 53.3 Å². The van der Waals surface area contributed by atoms with Crippen LogP contribution in [0.5, 0.6) is 0 Å². The van der Waals surface area contributed by atoms with Crippen molar-refractivity contribution in [2.24, 2.45) is 0 Å². The van der Waals surface area contributed by atoms with Crippen LogP contribution in [0.3, 0.4) is 0 Å². The molecule has 0 fully saturated rings. The summed E-state index contributed by atoms with van der Waals surface area (Å²) >= 11 is 0. The molecular formula is C20H23N5O2. The number of aromatic nitrogens is 3. The number of aryl methyl sites for hydroxylation is 1. The van der Waals surface area contributed by atoms with E-state index in [2.05, 4.69) is 34.1 Å². The monoisotopic (exact) mass is 365 g/mol. The zero-order valence-electron chi connectivity index (χ0n) is 15.7. The maximum absolute atomic E-state index is 12.5. The lowest BCUT2D eigenvalue weighted by Crippen LogP contribution is -2.22. The average molecular weight is 365 g/mol. The van der Waals surface area contributed by atoms with E-state index in [0.717, 1.165) is 24.3 Å².